The summed E-state index contributed by atoms with van der Waals surface area (Å²) in [4.78, 5) is 4.95. The normalized spacial score (nSPS) is 15.3. The van der Waals surface area contributed by atoms with Crippen molar-refractivity contribution < 1.29 is 0 Å². The van der Waals surface area contributed by atoms with Crippen LogP contribution in [-0.2, 0) is 6.42 Å². The highest BCUT2D eigenvalue weighted by atomic mass is 15.3. The minimum Gasteiger partial charge on any atom is -0.368 e. The van der Waals surface area contributed by atoms with Gasteiger partial charge in [-0.25, -0.2) is 0 Å². The van der Waals surface area contributed by atoms with Crippen LogP contribution in [0.5, 0.6) is 0 Å². The van der Waals surface area contributed by atoms with Gasteiger partial charge < -0.3 is 15.5 Å². The Hall–Kier alpha value is -2.00. The molecular weight excluding hydrogens is 258 g/mol. The van der Waals surface area contributed by atoms with Crippen molar-refractivity contribution in [2.45, 2.75) is 6.42 Å². The van der Waals surface area contributed by atoms with Gasteiger partial charge in [0.15, 0.2) is 0 Å². The first-order valence-electron chi connectivity index (χ1n) is 7.71. The van der Waals surface area contributed by atoms with Crippen LogP contribution in [-0.4, -0.2) is 32.7 Å². The predicted molar refractivity (Wildman–Crippen MR) is 90.1 cm³/mol. The first kappa shape index (κ1) is 14.0. The quantitative estimate of drug-likeness (QED) is 0.934. The fraction of sp³-hybridized carbons (Fsp3) is 0.333. The number of nitrogens with zero attached hydrogens (tertiary/aromatic N) is 2. The van der Waals surface area contributed by atoms with Gasteiger partial charge in [-0.2, -0.15) is 0 Å². The average Bonchev–Trinajstić information content (AvgIpc) is 2.57. The lowest BCUT2D eigenvalue weighted by Crippen LogP contribution is -2.46. The van der Waals surface area contributed by atoms with Gasteiger partial charge in [0.25, 0.3) is 0 Å². The molecule has 1 heterocycles. The van der Waals surface area contributed by atoms with Crippen LogP contribution in [0.2, 0.25) is 0 Å². The average molecular weight is 281 g/mol. The molecule has 3 heteroatoms. The zero-order chi connectivity index (χ0) is 14.5. The molecule has 0 amide bonds. The van der Waals surface area contributed by atoms with E-state index in [9.17, 15) is 0 Å². The van der Waals surface area contributed by atoms with Crippen molar-refractivity contribution in [2.75, 3.05) is 42.5 Å². The van der Waals surface area contributed by atoms with Crippen LogP contribution >= 0.6 is 0 Å². The van der Waals surface area contributed by atoms with Crippen molar-refractivity contribution in [3.05, 3.63) is 60.2 Å². The summed E-state index contributed by atoms with van der Waals surface area (Å²) < 4.78 is 0. The smallest absolute Gasteiger partial charge is 0.0400 e. The Morgan fingerprint density at radius 2 is 1.38 bits per heavy atom. The number of hydrogen-bond donors (Lipinski definition) is 1. The molecule has 2 aromatic carbocycles. The summed E-state index contributed by atoms with van der Waals surface area (Å²) in [6, 6.07) is 19.3. The lowest BCUT2D eigenvalue weighted by Gasteiger charge is -2.38. The fourth-order valence-electron chi connectivity index (χ4n) is 3.03. The summed E-state index contributed by atoms with van der Waals surface area (Å²) in [7, 11) is 0. The van der Waals surface area contributed by atoms with Gasteiger partial charge in [0, 0.05) is 37.6 Å². The Morgan fingerprint density at radius 3 is 2.10 bits per heavy atom. The van der Waals surface area contributed by atoms with E-state index in [0.29, 0.717) is 6.54 Å². The maximum atomic E-state index is 5.73. The van der Waals surface area contributed by atoms with Crippen LogP contribution in [0.1, 0.15) is 5.56 Å². The van der Waals surface area contributed by atoms with Crippen molar-refractivity contribution in [1.29, 1.82) is 0 Å². The second kappa shape index (κ2) is 6.64. The van der Waals surface area contributed by atoms with Crippen molar-refractivity contribution in [2.24, 2.45) is 5.73 Å². The molecule has 1 aliphatic heterocycles. The number of piperazine rings is 1. The molecule has 0 aromatic heterocycles. The highest BCUT2D eigenvalue weighted by Crippen LogP contribution is 2.24. The molecule has 0 aliphatic carbocycles. The Labute approximate surface area is 127 Å². The maximum absolute atomic E-state index is 5.73. The van der Waals surface area contributed by atoms with E-state index in [2.05, 4.69) is 64.4 Å². The Kier molecular flexibility index (Phi) is 4.41. The predicted octanol–water partition coefficient (Wildman–Crippen LogP) is 2.51. The monoisotopic (exact) mass is 281 g/mol. The van der Waals surface area contributed by atoms with E-state index in [4.69, 9.17) is 5.73 Å². The first-order chi connectivity index (χ1) is 10.4. The molecule has 21 heavy (non-hydrogen) atoms. The molecule has 110 valence electrons. The zero-order valence-corrected chi connectivity index (χ0v) is 12.4. The third-order valence-corrected chi connectivity index (χ3v) is 4.15. The summed E-state index contributed by atoms with van der Waals surface area (Å²) in [5.74, 6) is 0. The molecule has 3 nitrogen and oxygen atoms in total. The third kappa shape index (κ3) is 3.19. The number of para-hydroxylation sites is 2. The van der Waals surface area contributed by atoms with Crippen LogP contribution in [0.25, 0.3) is 0 Å². The Morgan fingerprint density at radius 1 is 0.762 bits per heavy atom. The van der Waals surface area contributed by atoms with Crippen LogP contribution in [0.4, 0.5) is 11.4 Å². The molecule has 1 saturated heterocycles. The fourth-order valence-corrected chi connectivity index (χ4v) is 3.03. The minimum atomic E-state index is 0.709. The summed E-state index contributed by atoms with van der Waals surface area (Å²) in [6.07, 6.45) is 0.953. The van der Waals surface area contributed by atoms with Crippen molar-refractivity contribution in [3.8, 4) is 0 Å². The second-order valence-electron chi connectivity index (χ2n) is 5.48. The Balaban J connectivity index is 1.69. The van der Waals surface area contributed by atoms with E-state index < -0.39 is 0 Å². The Bertz CT molecular complexity index is 560. The summed E-state index contributed by atoms with van der Waals surface area (Å²) in [5.41, 5.74) is 9.78. The molecule has 0 bridgehead atoms. The maximum Gasteiger partial charge on any atom is 0.0400 e. The molecule has 1 fully saturated rings. The molecule has 3 rings (SSSR count). The third-order valence-electron chi connectivity index (χ3n) is 4.15. The SMILES string of the molecule is NCCc1ccccc1N1CCN(c2ccccc2)CC1. The summed E-state index contributed by atoms with van der Waals surface area (Å²) in [6.45, 7) is 4.98. The molecule has 2 aromatic rings. The van der Waals surface area contributed by atoms with Crippen LogP contribution in [0, 0.1) is 0 Å². The van der Waals surface area contributed by atoms with Crippen LogP contribution in [0.3, 0.4) is 0 Å². The van der Waals surface area contributed by atoms with Gasteiger partial charge in [-0.05, 0) is 36.7 Å². The topological polar surface area (TPSA) is 32.5 Å². The number of rotatable bonds is 4. The van der Waals surface area contributed by atoms with Crippen LogP contribution < -0.4 is 15.5 Å². The van der Waals surface area contributed by atoms with Crippen molar-refractivity contribution in [1.82, 2.24) is 0 Å². The van der Waals surface area contributed by atoms with Crippen LogP contribution in [0.15, 0.2) is 54.6 Å². The molecule has 0 radical (unpaired) electrons. The highest BCUT2D eigenvalue weighted by Gasteiger charge is 2.18. The standard InChI is InChI=1S/C18H23N3/c19-11-10-16-6-4-5-9-18(16)21-14-12-20(13-15-21)17-7-2-1-3-8-17/h1-9H,10-15,19H2. The number of benzene rings is 2. The van der Waals surface area contributed by atoms with E-state index in [1.54, 1.807) is 0 Å². The minimum absolute atomic E-state index is 0.709. The van der Waals surface area contributed by atoms with E-state index in [1.165, 1.54) is 16.9 Å². The zero-order valence-electron chi connectivity index (χ0n) is 12.4. The van der Waals surface area contributed by atoms with E-state index >= 15 is 0 Å². The molecule has 2 N–H and O–H groups in total. The summed E-state index contributed by atoms with van der Waals surface area (Å²) >= 11 is 0. The molecule has 0 saturated carbocycles. The molecule has 1 aliphatic rings. The number of nitrogens with two attached hydrogens (primary N) is 1. The second-order valence-corrected chi connectivity index (χ2v) is 5.48. The van der Waals surface area contributed by atoms with Gasteiger partial charge in [-0.1, -0.05) is 36.4 Å². The highest BCUT2D eigenvalue weighted by molar-refractivity contribution is 5.56. The van der Waals surface area contributed by atoms with Crippen molar-refractivity contribution >= 4 is 11.4 Å². The molecule has 0 unspecified atom stereocenters. The largest absolute Gasteiger partial charge is 0.368 e. The van der Waals surface area contributed by atoms with Gasteiger partial charge in [-0.3, -0.25) is 0 Å². The van der Waals surface area contributed by atoms with Gasteiger partial charge in [0.1, 0.15) is 0 Å². The number of anilines is 2. The first-order valence-corrected chi connectivity index (χ1v) is 7.71. The summed E-state index contributed by atoms with van der Waals surface area (Å²) in [5, 5.41) is 0. The van der Waals surface area contributed by atoms with E-state index in [1.807, 2.05) is 0 Å². The van der Waals surface area contributed by atoms with E-state index in [0.717, 1.165) is 32.6 Å². The van der Waals surface area contributed by atoms with Gasteiger partial charge >= 0.3 is 0 Å². The van der Waals surface area contributed by atoms with Gasteiger partial charge in [0.2, 0.25) is 0 Å². The van der Waals surface area contributed by atoms with E-state index in [-0.39, 0.29) is 0 Å². The van der Waals surface area contributed by atoms with Gasteiger partial charge in [0.05, 0.1) is 0 Å². The van der Waals surface area contributed by atoms with Crippen molar-refractivity contribution in [3.63, 3.8) is 0 Å². The molecular formula is C18H23N3. The van der Waals surface area contributed by atoms with Gasteiger partial charge in [-0.15, -0.1) is 0 Å². The molecule has 0 atom stereocenters. The lowest BCUT2D eigenvalue weighted by atomic mass is 10.1. The molecule has 0 spiro atoms. The number of hydrogen-bond acceptors (Lipinski definition) is 3. The lowest BCUT2D eigenvalue weighted by molar-refractivity contribution is 0.651.